The van der Waals surface area contributed by atoms with Gasteiger partial charge < -0.3 is 10.6 Å². The first kappa shape index (κ1) is 20.3. The number of halogens is 2. The number of rotatable bonds is 6. The lowest BCUT2D eigenvalue weighted by molar-refractivity contribution is 0.614. The SMILES string of the molecule is CCn1ncc(Cl)c1CNC(=S)Nc1c(C)nn(Cc2ccc(F)cc2)c1C. The van der Waals surface area contributed by atoms with E-state index in [0.29, 0.717) is 23.2 Å². The third kappa shape index (κ3) is 4.51. The summed E-state index contributed by atoms with van der Waals surface area (Å²) in [5.41, 5.74) is 4.49. The van der Waals surface area contributed by atoms with Gasteiger partial charge in [0.15, 0.2) is 5.11 Å². The van der Waals surface area contributed by atoms with E-state index in [-0.39, 0.29) is 5.82 Å². The molecule has 148 valence electrons. The summed E-state index contributed by atoms with van der Waals surface area (Å²) >= 11 is 11.6. The third-order valence-electron chi connectivity index (χ3n) is 4.48. The molecule has 0 bridgehead atoms. The quantitative estimate of drug-likeness (QED) is 0.589. The molecule has 0 aliphatic carbocycles. The molecule has 0 unspecified atom stereocenters. The summed E-state index contributed by atoms with van der Waals surface area (Å²) < 4.78 is 16.8. The van der Waals surface area contributed by atoms with Crippen molar-refractivity contribution in [3.05, 3.63) is 63.9 Å². The molecule has 0 saturated carbocycles. The van der Waals surface area contributed by atoms with E-state index in [9.17, 15) is 4.39 Å². The molecule has 0 atom stereocenters. The van der Waals surface area contributed by atoms with Crippen molar-refractivity contribution in [2.75, 3.05) is 5.32 Å². The molecule has 9 heteroatoms. The predicted octanol–water partition coefficient (Wildman–Crippen LogP) is 4.04. The van der Waals surface area contributed by atoms with Crippen LogP contribution in [0.3, 0.4) is 0 Å². The van der Waals surface area contributed by atoms with E-state index < -0.39 is 0 Å². The Bertz CT molecular complexity index is 979. The summed E-state index contributed by atoms with van der Waals surface area (Å²) in [6.45, 7) is 7.66. The van der Waals surface area contributed by atoms with Gasteiger partial charge in [0.05, 0.1) is 47.1 Å². The minimum atomic E-state index is -0.250. The van der Waals surface area contributed by atoms with Crippen molar-refractivity contribution in [3.63, 3.8) is 0 Å². The number of thiocarbonyl (C=S) groups is 1. The normalized spacial score (nSPS) is 10.9. The molecule has 0 spiro atoms. The van der Waals surface area contributed by atoms with Gasteiger partial charge in [-0.25, -0.2) is 4.39 Å². The van der Waals surface area contributed by atoms with Crippen LogP contribution in [0.2, 0.25) is 5.02 Å². The lowest BCUT2D eigenvalue weighted by atomic mass is 10.2. The molecule has 3 aromatic rings. The maximum Gasteiger partial charge on any atom is 0.171 e. The largest absolute Gasteiger partial charge is 0.357 e. The monoisotopic (exact) mass is 420 g/mol. The first-order chi connectivity index (χ1) is 13.4. The maximum absolute atomic E-state index is 13.1. The minimum Gasteiger partial charge on any atom is -0.357 e. The fraction of sp³-hybridized carbons (Fsp3) is 0.316. The molecule has 6 nitrogen and oxygen atoms in total. The average molecular weight is 421 g/mol. The van der Waals surface area contributed by atoms with Crippen LogP contribution in [0.4, 0.5) is 10.1 Å². The minimum absolute atomic E-state index is 0.250. The molecule has 0 aliphatic rings. The zero-order valence-corrected chi connectivity index (χ0v) is 17.5. The van der Waals surface area contributed by atoms with Gasteiger partial charge in [-0.1, -0.05) is 23.7 Å². The number of anilines is 1. The van der Waals surface area contributed by atoms with Crippen LogP contribution in [-0.2, 0) is 19.6 Å². The second kappa shape index (κ2) is 8.70. The highest BCUT2D eigenvalue weighted by Crippen LogP contribution is 2.21. The molecule has 0 amide bonds. The van der Waals surface area contributed by atoms with E-state index >= 15 is 0 Å². The first-order valence-electron chi connectivity index (χ1n) is 8.92. The van der Waals surface area contributed by atoms with Gasteiger partial charge in [0, 0.05) is 6.54 Å². The Morgan fingerprint density at radius 2 is 1.93 bits per heavy atom. The summed E-state index contributed by atoms with van der Waals surface area (Å²) in [5, 5.41) is 16.3. The van der Waals surface area contributed by atoms with Crippen molar-refractivity contribution >= 4 is 34.6 Å². The number of aromatic nitrogens is 4. The second-order valence-corrected chi connectivity index (χ2v) is 7.21. The average Bonchev–Trinajstić information content (AvgIpc) is 3.16. The van der Waals surface area contributed by atoms with Crippen LogP contribution in [0.25, 0.3) is 0 Å². The maximum atomic E-state index is 13.1. The Kier molecular flexibility index (Phi) is 6.31. The van der Waals surface area contributed by atoms with Gasteiger partial charge in [-0.2, -0.15) is 10.2 Å². The van der Waals surface area contributed by atoms with E-state index in [2.05, 4.69) is 20.8 Å². The number of nitrogens with zero attached hydrogens (tertiary/aromatic N) is 4. The summed E-state index contributed by atoms with van der Waals surface area (Å²) in [6.07, 6.45) is 1.63. The number of aryl methyl sites for hydroxylation is 2. The van der Waals surface area contributed by atoms with Crippen molar-refractivity contribution in [1.82, 2.24) is 24.9 Å². The highest BCUT2D eigenvalue weighted by molar-refractivity contribution is 7.80. The topological polar surface area (TPSA) is 59.7 Å². The lowest BCUT2D eigenvalue weighted by Gasteiger charge is -2.12. The number of hydrogen-bond acceptors (Lipinski definition) is 3. The van der Waals surface area contributed by atoms with Gasteiger partial charge in [0.25, 0.3) is 0 Å². The molecule has 2 heterocycles. The zero-order chi connectivity index (χ0) is 20.3. The Labute approximate surface area is 173 Å². The van der Waals surface area contributed by atoms with E-state index in [4.69, 9.17) is 23.8 Å². The molecule has 28 heavy (non-hydrogen) atoms. The molecule has 0 radical (unpaired) electrons. The molecule has 0 fully saturated rings. The van der Waals surface area contributed by atoms with Crippen LogP contribution in [0, 0.1) is 19.7 Å². The van der Waals surface area contributed by atoms with Crippen molar-refractivity contribution in [2.45, 2.75) is 40.4 Å². The summed E-state index contributed by atoms with van der Waals surface area (Å²) in [4.78, 5) is 0. The lowest BCUT2D eigenvalue weighted by Crippen LogP contribution is -2.29. The Morgan fingerprint density at radius 1 is 1.21 bits per heavy atom. The summed E-state index contributed by atoms with van der Waals surface area (Å²) in [5.74, 6) is -0.250. The smallest absolute Gasteiger partial charge is 0.171 e. The fourth-order valence-electron chi connectivity index (χ4n) is 2.95. The molecular formula is C19H22ClFN6S. The number of nitrogens with one attached hydrogen (secondary N) is 2. The third-order valence-corrected chi connectivity index (χ3v) is 5.04. The van der Waals surface area contributed by atoms with E-state index in [1.165, 1.54) is 12.1 Å². The number of benzene rings is 1. The van der Waals surface area contributed by atoms with Crippen molar-refractivity contribution in [2.24, 2.45) is 0 Å². The molecule has 2 aromatic heterocycles. The molecule has 2 N–H and O–H groups in total. The van der Waals surface area contributed by atoms with Crippen LogP contribution >= 0.6 is 23.8 Å². The predicted molar refractivity (Wildman–Crippen MR) is 113 cm³/mol. The van der Waals surface area contributed by atoms with Crippen molar-refractivity contribution < 1.29 is 4.39 Å². The van der Waals surface area contributed by atoms with E-state index in [0.717, 1.165) is 34.9 Å². The van der Waals surface area contributed by atoms with Crippen molar-refractivity contribution in [3.8, 4) is 0 Å². The van der Waals surface area contributed by atoms with Crippen molar-refractivity contribution in [1.29, 1.82) is 0 Å². The molecule has 3 rings (SSSR count). The molecule has 0 saturated heterocycles. The molecular weight excluding hydrogens is 399 g/mol. The Hall–Kier alpha value is -2.45. The van der Waals surface area contributed by atoms with Gasteiger partial charge in [-0.3, -0.25) is 9.36 Å². The summed E-state index contributed by atoms with van der Waals surface area (Å²) in [6, 6.07) is 6.41. The highest BCUT2D eigenvalue weighted by atomic mass is 35.5. The Balaban J connectivity index is 1.66. The van der Waals surface area contributed by atoms with Gasteiger partial charge >= 0.3 is 0 Å². The van der Waals surface area contributed by atoms with Crippen LogP contribution in [0.15, 0.2) is 30.5 Å². The van der Waals surface area contributed by atoms with Crippen LogP contribution in [0.1, 0.15) is 29.6 Å². The van der Waals surface area contributed by atoms with Crippen LogP contribution in [0.5, 0.6) is 0 Å². The van der Waals surface area contributed by atoms with Gasteiger partial charge in [0.1, 0.15) is 5.82 Å². The standard InChI is InChI=1S/C19H22ClFN6S/c1-4-26-17(16(20)9-23-26)10-22-19(28)24-18-12(2)25-27(13(18)3)11-14-5-7-15(21)8-6-14/h5-9H,4,10-11H2,1-3H3,(H2,22,24,28). The van der Waals surface area contributed by atoms with Crippen LogP contribution in [-0.4, -0.2) is 24.7 Å². The highest BCUT2D eigenvalue weighted by Gasteiger charge is 2.14. The van der Waals surface area contributed by atoms with Gasteiger partial charge in [-0.15, -0.1) is 0 Å². The molecule has 1 aromatic carbocycles. The van der Waals surface area contributed by atoms with Gasteiger partial charge in [-0.05, 0) is 50.7 Å². The summed E-state index contributed by atoms with van der Waals surface area (Å²) in [7, 11) is 0. The van der Waals surface area contributed by atoms with Crippen LogP contribution < -0.4 is 10.6 Å². The van der Waals surface area contributed by atoms with Gasteiger partial charge in [0.2, 0.25) is 0 Å². The molecule has 0 aliphatic heterocycles. The van der Waals surface area contributed by atoms with E-state index in [1.807, 2.05) is 30.1 Å². The van der Waals surface area contributed by atoms with E-state index in [1.54, 1.807) is 18.3 Å². The first-order valence-corrected chi connectivity index (χ1v) is 9.71. The zero-order valence-electron chi connectivity index (χ0n) is 16.0. The number of hydrogen-bond donors (Lipinski definition) is 2. The second-order valence-electron chi connectivity index (χ2n) is 6.39. The Morgan fingerprint density at radius 3 is 2.61 bits per heavy atom. The fourth-order valence-corrected chi connectivity index (χ4v) is 3.33.